The van der Waals surface area contributed by atoms with Crippen LogP contribution in [0.25, 0.3) is 21.9 Å². The van der Waals surface area contributed by atoms with Crippen molar-refractivity contribution in [2.75, 3.05) is 0 Å². The maximum atomic E-state index is 5.89. The minimum atomic E-state index is 0.675. The van der Waals surface area contributed by atoms with Crippen molar-refractivity contribution in [3.63, 3.8) is 0 Å². The number of rotatable bonds is 0. The summed E-state index contributed by atoms with van der Waals surface area (Å²) in [5.41, 5.74) is 2.29. The van der Waals surface area contributed by atoms with Gasteiger partial charge < -0.3 is 4.42 Å². The van der Waals surface area contributed by atoms with Crippen molar-refractivity contribution in [3.05, 3.63) is 41.4 Å². The quantitative estimate of drug-likeness (QED) is 0.522. The number of benzene rings is 2. The number of fused-ring (bicyclic) bond motifs is 3. The van der Waals surface area contributed by atoms with E-state index in [4.69, 9.17) is 23.9 Å². The first kappa shape index (κ1) is 8.87. The molecule has 3 aromatic rings. The minimum absolute atomic E-state index is 0.675. The largest absolute Gasteiger partial charge is 0.456 e. The van der Waals surface area contributed by atoms with Crippen LogP contribution in [0.3, 0.4) is 0 Å². The van der Waals surface area contributed by atoms with Gasteiger partial charge in [0.2, 0.25) is 0 Å². The molecule has 0 unspecified atom stereocenters. The van der Waals surface area contributed by atoms with E-state index < -0.39 is 0 Å². The van der Waals surface area contributed by atoms with Crippen molar-refractivity contribution in [1.82, 2.24) is 0 Å². The predicted octanol–water partition coefficient (Wildman–Crippen LogP) is 3.03. The molecular weight excluding hydrogens is 206 g/mol. The van der Waals surface area contributed by atoms with Gasteiger partial charge in [-0.1, -0.05) is 29.2 Å². The molecule has 0 aliphatic heterocycles. The molecule has 0 amide bonds. The van der Waals surface area contributed by atoms with Crippen molar-refractivity contribution in [2.24, 2.45) is 0 Å². The van der Waals surface area contributed by atoms with E-state index in [1.165, 1.54) is 0 Å². The molecule has 0 saturated carbocycles. The van der Waals surface area contributed by atoms with Crippen molar-refractivity contribution in [3.8, 4) is 0 Å². The summed E-state index contributed by atoms with van der Waals surface area (Å²) in [5, 5.41) is 2.81. The maximum Gasteiger partial charge on any atom is 0.136 e. The van der Waals surface area contributed by atoms with E-state index in [2.05, 4.69) is 0 Å². The summed E-state index contributed by atoms with van der Waals surface area (Å²) in [7, 11) is 5.69. The Morgan fingerprint density at radius 2 is 1.60 bits per heavy atom. The fourth-order valence-corrected chi connectivity index (χ4v) is 1.93. The third kappa shape index (κ3) is 1.33. The van der Waals surface area contributed by atoms with E-state index in [0.29, 0.717) is 10.5 Å². The van der Waals surface area contributed by atoms with Crippen LogP contribution in [-0.4, -0.2) is 7.85 Å². The van der Waals surface area contributed by atoms with Crippen molar-refractivity contribution in [2.45, 2.75) is 0 Å². The molecule has 0 N–H and O–H groups in total. The molecule has 2 radical (unpaired) electrons. The lowest BCUT2D eigenvalue weighted by atomic mass is 9.95. The van der Waals surface area contributed by atoms with E-state index in [1.807, 2.05) is 36.4 Å². The summed E-state index contributed by atoms with van der Waals surface area (Å²) in [6.45, 7) is 0. The van der Waals surface area contributed by atoms with Crippen molar-refractivity contribution in [1.29, 1.82) is 0 Å². The molecule has 0 aliphatic rings. The Bertz CT molecular complexity index is 601. The summed E-state index contributed by atoms with van der Waals surface area (Å²) >= 11 is 5.89. The average molecular weight is 212 g/mol. The molecule has 0 spiro atoms. The van der Waals surface area contributed by atoms with Gasteiger partial charge in [-0.2, -0.15) is 0 Å². The summed E-state index contributed by atoms with van der Waals surface area (Å²) in [5.74, 6) is 0. The first-order valence-electron chi connectivity index (χ1n) is 4.61. The number of furan rings is 1. The average Bonchev–Trinajstić information content (AvgIpc) is 2.53. The summed E-state index contributed by atoms with van der Waals surface area (Å²) in [4.78, 5) is 0. The Morgan fingerprint density at radius 1 is 0.933 bits per heavy atom. The van der Waals surface area contributed by atoms with E-state index >= 15 is 0 Å². The van der Waals surface area contributed by atoms with Crippen LogP contribution < -0.4 is 5.46 Å². The Morgan fingerprint density at radius 3 is 2.40 bits per heavy atom. The zero-order valence-electron chi connectivity index (χ0n) is 7.83. The molecule has 15 heavy (non-hydrogen) atoms. The second-order valence-electron chi connectivity index (χ2n) is 3.50. The van der Waals surface area contributed by atoms with Crippen LogP contribution in [0.2, 0.25) is 5.02 Å². The van der Waals surface area contributed by atoms with Crippen LogP contribution in [0.5, 0.6) is 0 Å². The second-order valence-corrected chi connectivity index (χ2v) is 3.93. The maximum absolute atomic E-state index is 5.89. The lowest BCUT2D eigenvalue weighted by molar-refractivity contribution is 0.669. The summed E-state index contributed by atoms with van der Waals surface area (Å²) in [6, 6.07) is 11.3. The highest BCUT2D eigenvalue weighted by Gasteiger charge is 2.06. The van der Waals surface area contributed by atoms with Gasteiger partial charge in [-0.25, -0.2) is 0 Å². The highest BCUT2D eigenvalue weighted by Crippen LogP contribution is 2.29. The van der Waals surface area contributed by atoms with Crippen LogP contribution in [0.4, 0.5) is 0 Å². The fourth-order valence-electron chi connectivity index (χ4n) is 1.77. The van der Waals surface area contributed by atoms with Gasteiger partial charge >= 0.3 is 0 Å². The highest BCUT2D eigenvalue weighted by atomic mass is 35.5. The lowest BCUT2D eigenvalue weighted by Crippen LogP contribution is -1.98. The van der Waals surface area contributed by atoms with Gasteiger partial charge in [0.15, 0.2) is 0 Å². The first-order chi connectivity index (χ1) is 7.24. The zero-order valence-corrected chi connectivity index (χ0v) is 8.58. The SMILES string of the molecule is [B]c1ccc2c(c1)oc1cc(Cl)ccc12. The molecule has 3 heteroatoms. The normalized spacial score (nSPS) is 11.3. The van der Waals surface area contributed by atoms with Gasteiger partial charge in [-0.3, -0.25) is 0 Å². The van der Waals surface area contributed by atoms with Crippen LogP contribution in [0.15, 0.2) is 40.8 Å². The van der Waals surface area contributed by atoms with Gasteiger partial charge in [0, 0.05) is 21.9 Å². The first-order valence-corrected chi connectivity index (χ1v) is 4.99. The molecule has 1 heterocycles. The van der Waals surface area contributed by atoms with E-state index in [1.54, 1.807) is 0 Å². The van der Waals surface area contributed by atoms with E-state index in [0.717, 1.165) is 21.9 Å². The third-order valence-electron chi connectivity index (χ3n) is 2.46. The Balaban J connectivity index is 2.51. The van der Waals surface area contributed by atoms with Gasteiger partial charge in [0.1, 0.15) is 19.0 Å². The van der Waals surface area contributed by atoms with Crippen LogP contribution in [-0.2, 0) is 0 Å². The smallest absolute Gasteiger partial charge is 0.136 e. The molecule has 0 aliphatic carbocycles. The molecular formula is C12H6BClO. The lowest BCUT2D eigenvalue weighted by Gasteiger charge is -1.91. The topological polar surface area (TPSA) is 13.1 Å². The Labute approximate surface area is 93.0 Å². The fraction of sp³-hybridized carbons (Fsp3) is 0. The van der Waals surface area contributed by atoms with Crippen molar-refractivity contribution < 1.29 is 4.42 Å². The molecule has 3 rings (SSSR count). The number of hydrogen-bond acceptors (Lipinski definition) is 1. The third-order valence-corrected chi connectivity index (χ3v) is 2.69. The molecule has 0 saturated heterocycles. The predicted molar refractivity (Wildman–Crippen MR) is 64.1 cm³/mol. The summed E-state index contributed by atoms with van der Waals surface area (Å²) in [6.07, 6.45) is 0. The van der Waals surface area contributed by atoms with Crippen LogP contribution >= 0.6 is 11.6 Å². The zero-order chi connectivity index (χ0) is 10.4. The number of halogens is 1. The molecule has 0 bridgehead atoms. The Hall–Kier alpha value is -1.41. The Kier molecular flexibility index (Phi) is 1.80. The number of hydrogen-bond donors (Lipinski definition) is 0. The van der Waals surface area contributed by atoms with Crippen molar-refractivity contribution >= 4 is 46.8 Å². The summed E-state index contributed by atoms with van der Waals surface area (Å²) < 4.78 is 5.65. The minimum Gasteiger partial charge on any atom is -0.456 e. The van der Waals surface area contributed by atoms with Gasteiger partial charge in [-0.15, -0.1) is 0 Å². The van der Waals surface area contributed by atoms with E-state index in [9.17, 15) is 0 Å². The highest BCUT2D eigenvalue weighted by molar-refractivity contribution is 6.33. The van der Waals surface area contributed by atoms with Crippen LogP contribution in [0, 0.1) is 0 Å². The molecule has 0 fully saturated rings. The van der Waals surface area contributed by atoms with E-state index in [-0.39, 0.29) is 0 Å². The molecule has 2 aromatic carbocycles. The van der Waals surface area contributed by atoms with Crippen LogP contribution in [0.1, 0.15) is 0 Å². The second kappa shape index (κ2) is 3.04. The van der Waals surface area contributed by atoms with Gasteiger partial charge in [0.25, 0.3) is 0 Å². The molecule has 1 nitrogen and oxygen atoms in total. The monoisotopic (exact) mass is 212 g/mol. The standard InChI is InChI=1S/C12H6BClO/c13-7-1-3-9-10-4-2-8(14)6-12(10)15-11(9)5-7/h1-6H. The molecule has 0 atom stereocenters. The van der Waals surface area contributed by atoms with Gasteiger partial charge in [0.05, 0.1) is 0 Å². The van der Waals surface area contributed by atoms with Gasteiger partial charge in [-0.05, 0) is 18.2 Å². The molecule has 1 aromatic heterocycles. The molecule has 70 valence electrons.